The predicted octanol–water partition coefficient (Wildman–Crippen LogP) is 4.71. The third-order valence-electron chi connectivity index (χ3n) is 5.80. The van der Waals surface area contributed by atoms with E-state index in [0.717, 1.165) is 22.6 Å². The van der Waals surface area contributed by atoms with Gasteiger partial charge < -0.3 is 24.8 Å². The van der Waals surface area contributed by atoms with Crippen molar-refractivity contribution in [2.75, 3.05) is 24.9 Å². The molecule has 0 saturated carbocycles. The molecule has 0 aromatic heterocycles. The van der Waals surface area contributed by atoms with Gasteiger partial charge in [-0.3, -0.25) is 9.59 Å². The van der Waals surface area contributed by atoms with Gasteiger partial charge in [-0.25, -0.2) is 0 Å². The lowest BCUT2D eigenvalue weighted by molar-refractivity contribution is -0.132. The maximum absolute atomic E-state index is 13.4. The fourth-order valence-electron chi connectivity index (χ4n) is 4.50. The molecular weight excluding hydrogens is 408 g/mol. The molecule has 7 nitrogen and oxygen atoms in total. The molecule has 2 N–H and O–H groups in total. The molecule has 7 heteroatoms. The van der Waals surface area contributed by atoms with Crippen molar-refractivity contribution in [3.8, 4) is 17.2 Å². The number of hydrogen-bond acceptors (Lipinski definition) is 7. The van der Waals surface area contributed by atoms with Crippen molar-refractivity contribution < 1.29 is 23.8 Å². The molecule has 2 aromatic carbocycles. The molecule has 0 amide bonds. The van der Waals surface area contributed by atoms with Crippen molar-refractivity contribution in [2.45, 2.75) is 33.2 Å². The number of allylic oxidation sites excluding steroid dienone is 1. The number of rotatable bonds is 4. The zero-order valence-corrected chi connectivity index (χ0v) is 18.9. The maximum Gasteiger partial charge on any atom is 0.308 e. The van der Waals surface area contributed by atoms with Crippen molar-refractivity contribution >= 4 is 23.1 Å². The first-order valence-corrected chi connectivity index (χ1v) is 10.5. The van der Waals surface area contributed by atoms with E-state index in [-0.39, 0.29) is 23.0 Å². The standard InChI is InChI=1S/C25H28N2O5/c1-14(28)32-24-20(30-4)10-15(11-21(24)31-5)23-22-18(12-25(2,3)13-19(22)29)26-16-8-6-7-9-17(16)27-23/h6-12,22-23,26-27H,13H2,1-5H3. The third kappa shape index (κ3) is 4.02. The lowest BCUT2D eigenvalue weighted by Gasteiger charge is -2.35. The van der Waals surface area contributed by atoms with Crippen LogP contribution in [0, 0.1) is 11.3 Å². The van der Waals surface area contributed by atoms with Gasteiger partial charge in [-0.1, -0.05) is 32.1 Å². The Labute approximate surface area is 187 Å². The minimum absolute atomic E-state index is 0.146. The summed E-state index contributed by atoms with van der Waals surface area (Å²) in [4.78, 5) is 25.0. The van der Waals surface area contributed by atoms with Crippen molar-refractivity contribution in [1.29, 1.82) is 0 Å². The van der Waals surface area contributed by atoms with E-state index in [1.807, 2.05) is 24.3 Å². The van der Waals surface area contributed by atoms with Crippen LogP contribution >= 0.6 is 0 Å². The second kappa shape index (κ2) is 8.22. The van der Waals surface area contributed by atoms with Crippen LogP contribution in [0.4, 0.5) is 11.4 Å². The molecule has 0 fully saturated rings. The Hall–Kier alpha value is -3.48. The highest BCUT2D eigenvalue weighted by Crippen LogP contribution is 2.48. The summed E-state index contributed by atoms with van der Waals surface area (Å²) in [6, 6.07) is 11.1. The summed E-state index contributed by atoms with van der Waals surface area (Å²) in [5.74, 6) is 0.170. The Morgan fingerprint density at radius 3 is 2.28 bits per heavy atom. The molecule has 0 saturated heterocycles. The van der Waals surface area contributed by atoms with E-state index in [1.165, 1.54) is 21.1 Å². The van der Waals surface area contributed by atoms with Crippen LogP contribution in [-0.4, -0.2) is 26.0 Å². The zero-order valence-electron chi connectivity index (χ0n) is 18.9. The molecule has 0 radical (unpaired) electrons. The predicted molar refractivity (Wildman–Crippen MR) is 122 cm³/mol. The molecule has 4 rings (SSSR count). The lowest BCUT2D eigenvalue weighted by atomic mass is 9.72. The number of ether oxygens (including phenoxy) is 3. The van der Waals surface area contributed by atoms with Crippen molar-refractivity contribution in [3.63, 3.8) is 0 Å². The number of benzene rings is 2. The van der Waals surface area contributed by atoms with E-state index in [1.54, 1.807) is 12.1 Å². The Bertz CT molecular complexity index is 1080. The summed E-state index contributed by atoms with van der Waals surface area (Å²) in [6.45, 7) is 5.45. The van der Waals surface area contributed by atoms with E-state index in [4.69, 9.17) is 14.2 Å². The van der Waals surface area contributed by atoms with Crippen LogP contribution < -0.4 is 24.8 Å². The first kappa shape index (κ1) is 21.7. The largest absolute Gasteiger partial charge is 0.493 e. The summed E-state index contributed by atoms with van der Waals surface area (Å²) >= 11 is 0. The summed E-state index contributed by atoms with van der Waals surface area (Å²) in [5, 5.41) is 7.04. The van der Waals surface area contributed by atoms with Crippen LogP contribution in [0.15, 0.2) is 48.2 Å². The average molecular weight is 437 g/mol. The molecular formula is C25H28N2O5. The normalized spacial score (nSPS) is 21.0. The van der Waals surface area contributed by atoms with Gasteiger partial charge in [-0.05, 0) is 35.2 Å². The second-order valence-corrected chi connectivity index (χ2v) is 8.85. The number of hydrogen-bond donors (Lipinski definition) is 2. The first-order valence-electron chi connectivity index (χ1n) is 10.5. The maximum atomic E-state index is 13.4. The minimum atomic E-state index is -0.477. The molecule has 32 heavy (non-hydrogen) atoms. The Morgan fingerprint density at radius 2 is 1.69 bits per heavy atom. The van der Waals surface area contributed by atoms with E-state index in [9.17, 15) is 9.59 Å². The van der Waals surface area contributed by atoms with E-state index in [2.05, 4.69) is 30.6 Å². The number of carbonyl (C=O) groups excluding carboxylic acids is 2. The number of nitrogens with one attached hydrogen (secondary N) is 2. The first-order chi connectivity index (χ1) is 15.2. The van der Waals surface area contributed by atoms with Crippen molar-refractivity contribution in [1.82, 2.24) is 0 Å². The minimum Gasteiger partial charge on any atom is -0.493 e. The highest BCUT2D eigenvalue weighted by molar-refractivity contribution is 5.90. The molecule has 168 valence electrons. The lowest BCUT2D eigenvalue weighted by Crippen LogP contribution is -2.36. The molecule has 2 aliphatic rings. The highest BCUT2D eigenvalue weighted by Gasteiger charge is 2.42. The molecule has 0 spiro atoms. The topological polar surface area (TPSA) is 85.9 Å². The van der Waals surface area contributed by atoms with Crippen LogP contribution in [0.1, 0.15) is 38.8 Å². The molecule has 2 unspecified atom stereocenters. The number of methoxy groups -OCH3 is 2. The fourth-order valence-corrected chi connectivity index (χ4v) is 4.50. The SMILES string of the molecule is COc1cc(C2Nc3ccccc3NC3=CC(C)(C)CC(=O)C32)cc(OC)c1OC(C)=O. The molecule has 2 atom stereocenters. The van der Waals surface area contributed by atoms with E-state index < -0.39 is 11.9 Å². The van der Waals surface area contributed by atoms with Gasteiger partial charge in [0.05, 0.1) is 37.6 Å². The number of fused-ring (bicyclic) bond motifs is 2. The van der Waals surface area contributed by atoms with Crippen LogP contribution in [0.5, 0.6) is 17.2 Å². The quantitative estimate of drug-likeness (QED) is 0.530. The highest BCUT2D eigenvalue weighted by atomic mass is 16.6. The molecule has 1 heterocycles. The van der Waals surface area contributed by atoms with Gasteiger partial charge in [0.2, 0.25) is 5.75 Å². The van der Waals surface area contributed by atoms with Crippen LogP contribution in [-0.2, 0) is 9.59 Å². The average Bonchev–Trinajstić information content (AvgIpc) is 2.89. The van der Waals surface area contributed by atoms with Gasteiger partial charge in [0, 0.05) is 19.0 Å². The van der Waals surface area contributed by atoms with Crippen LogP contribution in [0.3, 0.4) is 0 Å². The molecule has 1 aliphatic carbocycles. The molecule has 2 aromatic rings. The Kier molecular flexibility index (Phi) is 5.59. The van der Waals surface area contributed by atoms with Gasteiger partial charge in [-0.2, -0.15) is 0 Å². The smallest absolute Gasteiger partial charge is 0.308 e. The molecule has 0 bridgehead atoms. The van der Waals surface area contributed by atoms with Gasteiger partial charge in [0.1, 0.15) is 5.78 Å². The van der Waals surface area contributed by atoms with Gasteiger partial charge in [0.15, 0.2) is 11.5 Å². The van der Waals surface area contributed by atoms with Crippen LogP contribution in [0.25, 0.3) is 0 Å². The number of para-hydroxylation sites is 2. The van der Waals surface area contributed by atoms with Gasteiger partial charge in [-0.15, -0.1) is 0 Å². The molecule has 1 aliphatic heterocycles. The van der Waals surface area contributed by atoms with Crippen molar-refractivity contribution in [2.24, 2.45) is 11.3 Å². The van der Waals surface area contributed by atoms with Crippen LogP contribution in [0.2, 0.25) is 0 Å². The summed E-state index contributed by atoms with van der Waals surface area (Å²) in [5.41, 5.74) is 3.22. The number of anilines is 2. The second-order valence-electron chi connectivity index (χ2n) is 8.85. The number of esters is 1. The van der Waals surface area contributed by atoms with Gasteiger partial charge in [0.25, 0.3) is 0 Å². The summed E-state index contributed by atoms with van der Waals surface area (Å²) in [6.07, 6.45) is 2.59. The Morgan fingerprint density at radius 1 is 1.06 bits per heavy atom. The van der Waals surface area contributed by atoms with Gasteiger partial charge >= 0.3 is 5.97 Å². The van der Waals surface area contributed by atoms with E-state index >= 15 is 0 Å². The summed E-state index contributed by atoms with van der Waals surface area (Å²) < 4.78 is 16.4. The fraction of sp³-hybridized carbons (Fsp3) is 0.360. The van der Waals surface area contributed by atoms with E-state index in [0.29, 0.717) is 17.9 Å². The number of carbonyl (C=O) groups is 2. The monoisotopic (exact) mass is 436 g/mol. The Balaban J connectivity index is 1.89. The third-order valence-corrected chi connectivity index (χ3v) is 5.80. The number of ketones is 1. The van der Waals surface area contributed by atoms with Crippen molar-refractivity contribution in [3.05, 3.63) is 53.7 Å². The zero-order chi connectivity index (χ0) is 23.0. The summed E-state index contributed by atoms with van der Waals surface area (Å²) in [7, 11) is 3.01. The number of Topliss-reactive ketones (excluding diaryl/α,β-unsaturated/α-hetero) is 1.